The Bertz CT molecular complexity index is 1220. The van der Waals surface area contributed by atoms with Crippen molar-refractivity contribution < 1.29 is 13.2 Å². The van der Waals surface area contributed by atoms with Crippen LogP contribution < -0.4 is 10.2 Å². The molecular formula is C23H24ClN3O3S. The summed E-state index contributed by atoms with van der Waals surface area (Å²) in [5.74, 6) is -1.23. The molecule has 1 aliphatic rings. The molecule has 1 amide bonds. The molecule has 0 aliphatic carbocycles. The van der Waals surface area contributed by atoms with E-state index in [2.05, 4.69) is 22.2 Å². The van der Waals surface area contributed by atoms with Crippen molar-refractivity contribution in [1.29, 1.82) is 0 Å². The lowest BCUT2D eigenvalue weighted by Crippen LogP contribution is -2.45. The van der Waals surface area contributed by atoms with Gasteiger partial charge in [-0.3, -0.25) is 4.79 Å². The summed E-state index contributed by atoms with van der Waals surface area (Å²) in [5.41, 5.74) is 1.25. The second-order valence-corrected chi connectivity index (χ2v) is 10.1. The summed E-state index contributed by atoms with van der Waals surface area (Å²) in [6.07, 6.45) is 0. The fourth-order valence-corrected chi connectivity index (χ4v) is 5.23. The van der Waals surface area contributed by atoms with Crippen molar-refractivity contribution in [2.45, 2.75) is 4.90 Å². The second-order valence-electron chi connectivity index (χ2n) is 7.74. The predicted octanol–water partition coefficient (Wildman–Crippen LogP) is 3.66. The number of anilines is 2. The van der Waals surface area contributed by atoms with Crippen molar-refractivity contribution in [3.8, 4) is 0 Å². The van der Waals surface area contributed by atoms with E-state index in [1.807, 2.05) is 24.3 Å². The molecule has 0 radical (unpaired) electrons. The largest absolute Gasteiger partial charge is 0.366 e. The van der Waals surface area contributed by atoms with Crippen LogP contribution in [0.25, 0.3) is 10.8 Å². The lowest BCUT2D eigenvalue weighted by atomic mass is 10.1. The Morgan fingerprint density at radius 2 is 1.68 bits per heavy atom. The molecule has 162 valence electrons. The van der Waals surface area contributed by atoms with Gasteiger partial charge in [0.2, 0.25) is 5.91 Å². The van der Waals surface area contributed by atoms with E-state index in [0.717, 1.165) is 42.6 Å². The number of hydrogen-bond acceptors (Lipinski definition) is 5. The number of carbonyl (C=O) groups is 1. The number of amides is 1. The zero-order valence-electron chi connectivity index (χ0n) is 17.2. The van der Waals surface area contributed by atoms with Crippen LogP contribution >= 0.6 is 11.6 Å². The van der Waals surface area contributed by atoms with Crippen LogP contribution in [0.4, 0.5) is 11.4 Å². The number of nitrogens with zero attached hydrogens (tertiary/aromatic N) is 2. The molecule has 1 aliphatic heterocycles. The molecule has 1 fully saturated rings. The van der Waals surface area contributed by atoms with Crippen LogP contribution in [-0.4, -0.2) is 58.2 Å². The Labute approximate surface area is 187 Å². The number of halogens is 1. The van der Waals surface area contributed by atoms with Gasteiger partial charge in [-0.15, -0.1) is 0 Å². The van der Waals surface area contributed by atoms with Gasteiger partial charge in [-0.25, -0.2) is 8.42 Å². The molecule has 31 heavy (non-hydrogen) atoms. The average Bonchev–Trinajstić information content (AvgIpc) is 2.74. The molecule has 1 N–H and O–H groups in total. The topological polar surface area (TPSA) is 69.7 Å². The fraction of sp³-hybridized carbons (Fsp3) is 0.261. The first kappa shape index (κ1) is 21.6. The van der Waals surface area contributed by atoms with Crippen LogP contribution in [0.1, 0.15) is 0 Å². The number of carbonyl (C=O) groups excluding carboxylic acids is 1. The summed E-state index contributed by atoms with van der Waals surface area (Å²) < 4.78 is 25.7. The number of benzene rings is 3. The molecule has 0 aromatic heterocycles. The maximum absolute atomic E-state index is 12.9. The summed E-state index contributed by atoms with van der Waals surface area (Å²) in [7, 11) is -1.73. The van der Waals surface area contributed by atoms with E-state index in [4.69, 9.17) is 11.6 Å². The van der Waals surface area contributed by atoms with E-state index in [1.165, 1.54) is 0 Å². The molecule has 0 saturated carbocycles. The molecule has 3 aromatic carbocycles. The molecule has 0 bridgehead atoms. The highest BCUT2D eigenvalue weighted by Gasteiger charge is 2.23. The minimum atomic E-state index is -3.79. The highest BCUT2D eigenvalue weighted by atomic mass is 35.5. The third-order valence-electron chi connectivity index (χ3n) is 5.48. The number of fused-ring (bicyclic) bond motifs is 1. The van der Waals surface area contributed by atoms with Gasteiger partial charge in [0.25, 0.3) is 0 Å². The number of para-hydroxylation sites is 1. The molecule has 3 aromatic rings. The molecule has 0 spiro atoms. The number of rotatable bonds is 5. The van der Waals surface area contributed by atoms with Crippen molar-refractivity contribution in [2.75, 3.05) is 49.2 Å². The summed E-state index contributed by atoms with van der Waals surface area (Å²) in [6.45, 7) is 3.32. The van der Waals surface area contributed by atoms with Gasteiger partial charge in [-0.1, -0.05) is 48.0 Å². The monoisotopic (exact) mass is 457 g/mol. The van der Waals surface area contributed by atoms with Gasteiger partial charge in [0.05, 0.1) is 21.3 Å². The maximum Gasteiger partial charge on any atom is 0.240 e. The van der Waals surface area contributed by atoms with E-state index in [0.29, 0.717) is 10.7 Å². The van der Waals surface area contributed by atoms with Crippen LogP contribution in [0.5, 0.6) is 0 Å². The molecule has 4 rings (SSSR count). The van der Waals surface area contributed by atoms with Gasteiger partial charge in [-0.2, -0.15) is 0 Å². The second kappa shape index (κ2) is 8.86. The van der Waals surface area contributed by atoms with Crippen molar-refractivity contribution >= 4 is 49.5 Å². The Morgan fingerprint density at radius 3 is 2.42 bits per heavy atom. The standard InChI is InChI=1S/C23H24ClN3O3S/c1-26-11-13-27(14-12-26)23-20(24)7-4-8-21(23)25-22(28)16-31(29,30)19-10-9-17-5-2-3-6-18(17)15-19/h2-10,15H,11-14,16H2,1H3,(H,25,28). The van der Waals surface area contributed by atoms with Crippen molar-refractivity contribution in [1.82, 2.24) is 4.90 Å². The quantitative estimate of drug-likeness (QED) is 0.633. The first-order valence-electron chi connectivity index (χ1n) is 10.1. The summed E-state index contributed by atoms with van der Waals surface area (Å²) in [5, 5.41) is 5.05. The van der Waals surface area contributed by atoms with Gasteiger partial charge in [0, 0.05) is 26.2 Å². The first-order valence-corrected chi connectivity index (χ1v) is 12.1. The van der Waals surface area contributed by atoms with Gasteiger partial charge in [-0.05, 0) is 42.1 Å². The zero-order valence-corrected chi connectivity index (χ0v) is 18.8. The average molecular weight is 458 g/mol. The third kappa shape index (κ3) is 4.84. The third-order valence-corrected chi connectivity index (χ3v) is 7.40. The number of likely N-dealkylation sites (N-methyl/N-ethyl adjacent to an activating group) is 1. The molecule has 0 atom stereocenters. The van der Waals surface area contributed by atoms with Crippen LogP contribution in [0.15, 0.2) is 65.6 Å². The van der Waals surface area contributed by atoms with Crippen molar-refractivity contribution in [2.24, 2.45) is 0 Å². The predicted molar refractivity (Wildman–Crippen MR) is 126 cm³/mol. The molecule has 6 nitrogen and oxygen atoms in total. The molecule has 8 heteroatoms. The number of nitrogens with one attached hydrogen (secondary N) is 1. The Balaban J connectivity index is 1.53. The molecule has 1 heterocycles. The summed E-state index contributed by atoms with van der Waals surface area (Å²) >= 11 is 6.44. The van der Waals surface area contributed by atoms with E-state index in [9.17, 15) is 13.2 Å². The normalized spacial score (nSPS) is 15.2. The van der Waals surface area contributed by atoms with E-state index >= 15 is 0 Å². The first-order chi connectivity index (χ1) is 14.8. The van der Waals surface area contributed by atoms with E-state index in [1.54, 1.807) is 36.4 Å². The lowest BCUT2D eigenvalue weighted by Gasteiger charge is -2.35. The Morgan fingerprint density at radius 1 is 0.968 bits per heavy atom. The van der Waals surface area contributed by atoms with Gasteiger partial charge in [0.15, 0.2) is 9.84 Å². The van der Waals surface area contributed by atoms with Gasteiger partial charge >= 0.3 is 0 Å². The van der Waals surface area contributed by atoms with Crippen LogP contribution in [0.2, 0.25) is 5.02 Å². The SMILES string of the molecule is CN1CCN(c2c(Cl)cccc2NC(=O)CS(=O)(=O)c2ccc3ccccc3c2)CC1. The van der Waals surface area contributed by atoms with Gasteiger partial charge in [0.1, 0.15) is 5.75 Å². The fourth-order valence-electron chi connectivity index (χ4n) is 3.77. The minimum Gasteiger partial charge on any atom is -0.366 e. The van der Waals surface area contributed by atoms with Gasteiger partial charge < -0.3 is 15.1 Å². The van der Waals surface area contributed by atoms with E-state index in [-0.39, 0.29) is 4.90 Å². The highest BCUT2D eigenvalue weighted by Crippen LogP contribution is 2.34. The molecule has 1 saturated heterocycles. The Hall–Kier alpha value is -2.61. The molecular weight excluding hydrogens is 434 g/mol. The summed E-state index contributed by atoms with van der Waals surface area (Å²) in [6, 6.07) is 17.7. The zero-order chi connectivity index (χ0) is 22.0. The maximum atomic E-state index is 12.9. The number of piperazine rings is 1. The highest BCUT2D eigenvalue weighted by molar-refractivity contribution is 7.92. The number of sulfone groups is 1. The van der Waals surface area contributed by atoms with Crippen molar-refractivity contribution in [3.05, 3.63) is 65.7 Å². The van der Waals surface area contributed by atoms with Crippen LogP contribution in [-0.2, 0) is 14.6 Å². The van der Waals surface area contributed by atoms with E-state index < -0.39 is 21.5 Å². The Kier molecular flexibility index (Phi) is 6.18. The van der Waals surface area contributed by atoms with Crippen molar-refractivity contribution in [3.63, 3.8) is 0 Å². The lowest BCUT2D eigenvalue weighted by molar-refractivity contribution is -0.113. The minimum absolute atomic E-state index is 0.131. The smallest absolute Gasteiger partial charge is 0.240 e. The number of hydrogen-bond donors (Lipinski definition) is 1. The summed E-state index contributed by atoms with van der Waals surface area (Å²) in [4.78, 5) is 17.2. The van der Waals surface area contributed by atoms with Crippen LogP contribution in [0, 0.1) is 0 Å². The van der Waals surface area contributed by atoms with Crippen LogP contribution in [0.3, 0.4) is 0 Å². The molecule has 0 unspecified atom stereocenters.